The van der Waals surface area contributed by atoms with E-state index in [4.69, 9.17) is 11.6 Å². The van der Waals surface area contributed by atoms with Gasteiger partial charge in [-0.15, -0.1) is 11.6 Å². The normalized spacial score (nSPS) is 56.6. The van der Waals surface area contributed by atoms with E-state index in [2.05, 4.69) is 0 Å². The van der Waals surface area contributed by atoms with Gasteiger partial charge in [0.1, 0.15) is 11.4 Å². The van der Waals surface area contributed by atoms with E-state index >= 15 is 0 Å². The zero-order valence-electron chi connectivity index (χ0n) is 14.2. The average molecular weight is 353 g/mol. The fraction of sp³-hybridized carbons (Fsp3) is 0.789. The molecule has 4 aliphatic rings. The lowest BCUT2D eigenvalue weighted by Gasteiger charge is -2.66. The van der Waals surface area contributed by atoms with Crippen LogP contribution in [0.1, 0.15) is 52.4 Å². The summed E-state index contributed by atoms with van der Waals surface area (Å²) in [5.41, 5.74) is -2.84. The van der Waals surface area contributed by atoms with Crippen LogP contribution in [0.15, 0.2) is 12.2 Å². The highest BCUT2D eigenvalue weighted by Gasteiger charge is 2.73. The van der Waals surface area contributed by atoms with Crippen LogP contribution in [0.3, 0.4) is 0 Å². The van der Waals surface area contributed by atoms with Crippen molar-refractivity contribution in [1.82, 2.24) is 0 Å². The summed E-state index contributed by atoms with van der Waals surface area (Å²) in [7, 11) is 0. The molecule has 0 spiro atoms. The molecule has 4 rings (SSSR count). The number of ketones is 2. The van der Waals surface area contributed by atoms with Crippen molar-refractivity contribution in [1.29, 1.82) is 0 Å². The van der Waals surface area contributed by atoms with Crippen LogP contribution in [0.2, 0.25) is 0 Å². The number of carbonyl (C=O) groups excluding carboxylic acids is 2. The van der Waals surface area contributed by atoms with Crippen LogP contribution in [0.4, 0.5) is 0 Å². The summed E-state index contributed by atoms with van der Waals surface area (Å²) in [6.45, 7) is 3.82. The highest BCUT2D eigenvalue weighted by Crippen LogP contribution is 2.68. The Kier molecular flexibility index (Phi) is 3.29. The highest BCUT2D eigenvalue weighted by molar-refractivity contribution is 6.27. The molecule has 132 valence electrons. The van der Waals surface area contributed by atoms with Gasteiger partial charge in [0.15, 0.2) is 5.78 Å². The molecule has 4 nitrogen and oxygen atoms in total. The lowest BCUT2D eigenvalue weighted by atomic mass is 9.43. The van der Waals surface area contributed by atoms with Gasteiger partial charge in [-0.25, -0.2) is 0 Å². The number of aliphatic hydroxyl groups excluding tert-OH is 1. The molecule has 0 amide bonds. The number of Topliss-reactive ketones (excluding diaryl/α,β-unsaturated/α-hetero) is 1. The van der Waals surface area contributed by atoms with Crippen molar-refractivity contribution in [3.8, 4) is 0 Å². The molecule has 3 fully saturated rings. The van der Waals surface area contributed by atoms with E-state index < -0.39 is 27.4 Å². The molecule has 0 aliphatic heterocycles. The maximum atomic E-state index is 12.4. The summed E-state index contributed by atoms with van der Waals surface area (Å²) >= 11 is 6.88. The maximum absolute atomic E-state index is 12.4. The number of allylic oxidation sites excluding steroid dienone is 1. The molecule has 0 saturated heterocycles. The van der Waals surface area contributed by atoms with Crippen LogP contribution in [-0.4, -0.2) is 38.4 Å². The van der Waals surface area contributed by atoms with E-state index in [1.165, 1.54) is 6.08 Å². The maximum Gasteiger partial charge on any atom is 0.157 e. The lowest BCUT2D eigenvalue weighted by Crippen LogP contribution is -2.74. The largest absolute Gasteiger partial charge is 0.390 e. The molecule has 0 aromatic rings. The molecule has 0 bridgehead atoms. The number of halogens is 1. The molecule has 2 N–H and O–H groups in total. The van der Waals surface area contributed by atoms with Crippen molar-refractivity contribution in [2.45, 2.75) is 69.0 Å². The van der Waals surface area contributed by atoms with Crippen LogP contribution in [-0.2, 0) is 9.59 Å². The topological polar surface area (TPSA) is 74.6 Å². The summed E-state index contributed by atoms with van der Waals surface area (Å²) in [5, 5.41) is 22.8. The fourth-order valence-electron chi connectivity index (χ4n) is 6.42. The molecule has 7 atom stereocenters. The molecule has 2 unspecified atom stereocenters. The van der Waals surface area contributed by atoms with Crippen molar-refractivity contribution < 1.29 is 19.8 Å². The molecule has 4 aliphatic carbocycles. The Morgan fingerprint density at radius 1 is 1.21 bits per heavy atom. The molecule has 5 heteroatoms. The fourth-order valence-corrected chi connectivity index (χ4v) is 6.88. The molecule has 0 heterocycles. The minimum absolute atomic E-state index is 0.0318. The Balaban J connectivity index is 1.86. The number of aliphatic hydroxyl groups is 2. The van der Waals surface area contributed by atoms with E-state index in [1.54, 1.807) is 6.08 Å². The third-order valence-electron chi connectivity index (χ3n) is 7.99. The second-order valence-electron chi connectivity index (χ2n) is 8.82. The predicted molar refractivity (Wildman–Crippen MR) is 89.6 cm³/mol. The van der Waals surface area contributed by atoms with Crippen LogP contribution < -0.4 is 0 Å². The van der Waals surface area contributed by atoms with Crippen LogP contribution in [0.25, 0.3) is 0 Å². The Morgan fingerprint density at radius 3 is 2.62 bits per heavy atom. The smallest absolute Gasteiger partial charge is 0.157 e. The van der Waals surface area contributed by atoms with Gasteiger partial charge in [0.05, 0.1) is 11.0 Å². The van der Waals surface area contributed by atoms with Gasteiger partial charge in [-0.2, -0.15) is 0 Å². The summed E-state index contributed by atoms with van der Waals surface area (Å²) in [6, 6.07) is 0. The van der Waals surface area contributed by atoms with Gasteiger partial charge in [-0.1, -0.05) is 19.9 Å². The van der Waals surface area contributed by atoms with Gasteiger partial charge in [0.25, 0.3) is 0 Å². The van der Waals surface area contributed by atoms with Crippen molar-refractivity contribution in [3.63, 3.8) is 0 Å². The molecule has 24 heavy (non-hydrogen) atoms. The molecule has 3 saturated carbocycles. The van der Waals surface area contributed by atoms with Gasteiger partial charge in [0, 0.05) is 23.7 Å². The first-order valence-corrected chi connectivity index (χ1v) is 9.31. The third-order valence-corrected chi connectivity index (χ3v) is 8.70. The third kappa shape index (κ3) is 1.68. The van der Waals surface area contributed by atoms with Gasteiger partial charge in [-0.3, -0.25) is 9.59 Å². The summed E-state index contributed by atoms with van der Waals surface area (Å²) in [6.07, 6.45) is 5.20. The highest BCUT2D eigenvalue weighted by atomic mass is 35.5. The zero-order chi connectivity index (χ0) is 17.5. The van der Waals surface area contributed by atoms with Gasteiger partial charge < -0.3 is 10.2 Å². The van der Waals surface area contributed by atoms with E-state index in [1.807, 2.05) is 13.8 Å². The first kappa shape index (κ1) is 16.7. The SMILES string of the molecule is C[C@]12C=CC(=O)CC1(Cl)CC[C@H]1[C@@H]3CCC(=O)[C@@]3(C)CC(O)[C@@]12O. The van der Waals surface area contributed by atoms with Gasteiger partial charge in [-0.05, 0) is 43.6 Å². The van der Waals surface area contributed by atoms with Crippen molar-refractivity contribution in [2.24, 2.45) is 22.7 Å². The minimum Gasteiger partial charge on any atom is -0.390 e. The number of carbonyl (C=O) groups is 2. The Labute approximate surface area is 147 Å². The molecule has 0 aromatic carbocycles. The van der Waals surface area contributed by atoms with E-state index in [-0.39, 0.29) is 36.2 Å². The molecular weight excluding hydrogens is 328 g/mol. The second kappa shape index (κ2) is 4.72. The van der Waals surface area contributed by atoms with Crippen molar-refractivity contribution >= 4 is 23.2 Å². The number of fused-ring (bicyclic) bond motifs is 5. The monoisotopic (exact) mass is 352 g/mol. The van der Waals surface area contributed by atoms with Crippen molar-refractivity contribution in [3.05, 3.63) is 12.2 Å². The van der Waals surface area contributed by atoms with E-state index in [0.717, 1.165) is 6.42 Å². The number of rotatable bonds is 0. The quantitative estimate of drug-likeness (QED) is 0.656. The zero-order valence-corrected chi connectivity index (χ0v) is 15.0. The van der Waals surface area contributed by atoms with Crippen LogP contribution >= 0.6 is 11.6 Å². The van der Waals surface area contributed by atoms with Crippen LogP contribution in [0, 0.1) is 22.7 Å². The Bertz CT molecular complexity index is 660. The molecular formula is C19H25ClO4. The minimum atomic E-state index is -1.40. The number of hydrogen-bond donors (Lipinski definition) is 2. The molecule has 0 radical (unpaired) electrons. The molecule has 0 aromatic heterocycles. The Hall–Kier alpha value is -0.710. The Morgan fingerprint density at radius 2 is 1.92 bits per heavy atom. The summed E-state index contributed by atoms with van der Waals surface area (Å²) in [4.78, 5) is 23.5. The lowest BCUT2D eigenvalue weighted by molar-refractivity contribution is -0.251. The van der Waals surface area contributed by atoms with Gasteiger partial charge in [0.2, 0.25) is 0 Å². The first-order chi connectivity index (χ1) is 11.1. The van der Waals surface area contributed by atoms with E-state index in [9.17, 15) is 19.8 Å². The predicted octanol–water partition coefficient (Wildman–Crippen LogP) is 2.39. The van der Waals surface area contributed by atoms with Crippen molar-refractivity contribution in [2.75, 3.05) is 0 Å². The first-order valence-electron chi connectivity index (χ1n) is 8.93. The average Bonchev–Trinajstić information content (AvgIpc) is 2.78. The van der Waals surface area contributed by atoms with E-state index in [0.29, 0.717) is 19.3 Å². The second-order valence-corrected chi connectivity index (χ2v) is 9.54. The number of hydrogen-bond acceptors (Lipinski definition) is 4. The standard InChI is InChI=1S/C19H25ClO4/c1-16-10-15(23)19(24)13(12(16)3-4-14(16)22)6-8-18(20)9-11(21)5-7-17(18,19)2/h5,7,12-13,15,23-24H,3-4,6,8-10H2,1-2H3/t12-,13-,15?,16-,17-,18?,19-/m0/s1. The number of alkyl halides is 1. The van der Waals surface area contributed by atoms with Gasteiger partial charge >= 0.3 is 0 Å². The summed E-state index contributed by atoms with van der Waals surface area (Å²) < 4.78 is 0. The summed E-state index contributed by atoms with van der Waals surface area (Å²) in [5.74, 6) is 0.0708. The van der Waals surface area contributed by atoms with Crippen LogP contribution in [0.5, 0.6) is 0 Å².